The van der Waals surface area contributed by atoms with E-state index in [4.69, 9.17) is 19.9 Å². The lowest BCUT2D eigenvalue weighted by molar-refractivity contribution is 0.319. The molecule has 2 aromatic heterocycles. The summed E-state index contributed by atoms with van der Waals surface area (Å²) in [6.07, 6.45) is 1.58. The second-order valence-corrected chi connectivity index (χ2v) is 5.81. The molecule has 0 aliphatic heterocycles. The maximum absolute atomic E-state index is 5.79. The van der Waals surface area contributed by atoms with E-state index in [1.54, 1.807) is 27.5 Å². The molecule has 2 rings (SSSR count). The van der Waals surface area contributed by atoms with Crippen molar-refractivity contribution in [2.75, 3.05) is 38.5 Å². The van der Waals surface area contributed by atoms with Crippen LogP contribution in [0.1, 0.15) is 12.6 Å². The predicted molar refractivity (Wildman–Crippen MR) is 104 cm³/mol. The van der Waals surface area contributed by atoms with E-state index in [2.05, 4.69) is 42.6 Å². The number of aromatic nitrogens is 3. The Morgan fingerprint density at radius 1 is 1.19 bits per heavy atom. The van der Waals surface area contributed by atoms with Gasteiger partial charge in [-0.1, -0.05) is 0 Å². The molecule has 0 atom stereocenters. The molecule has 0 aliphatic carbocycles. The van der Waals surface area contributed by atoms with Crippen LogP contribution in [-0.4, -0.2) is 49.5 Å². The third-order valence-corrected chi connectivity index (χ3v) is 4.23. The lowest BCUT2D eigenvalue weighted by Gasteiger charge is -2.24. The standard InChI is InChI=1S/C16H21BrN6O3/c1-6-23(15-11(19-2)14(17)21-16(18)22-15)8-9-12(25-4)13(26-5)10(24-3)7-20-9/h7H,2,6,8H2,1,3-5H3,(H2,18,21,22). The molecule has 2 aromatic rings. The molecule has 0 amide bonds. The molecule has 0 radical (unpaired) electrons. The minimum absolute atomic E-state index is 0.130. The van der Waals surface area contributed by atoms with Gasteiger partial charge in [-0.2, -0.15) is 4.98 Å². The Balaban J connectivity index is 2.51. The van der Waals surface area contributed by atoms with Crippen molar-refractivity contribution in [3.63, 3.8) is 0 Å². The Hall–Kier alpha value is -2.62. The molecule has 0 spiro atoms. The molecule has 9 nitrogen and oxygen atoms in total. The van der Waals surface area contributed by atoms with E-state index in [0.717, 1.165) is 0 Å². The predicted octanol–water partition coefficient (Wildman–Crippen LogP) is 2.60. The lowest BCUT2D eigenvalue weighted by Crippen LogP contribution is -2.25. The van der Waals surface area contributed by atoms with E-state index in [0.29, 0.717) is 52.1 Å². The second-order valence-electron chi connectivity index (χ2n) is 5.06. The van der Waals surface area contributed by atoms with Crippen LogP contribution in [0.3, 0.4) is 0 Å². The highest BCUT2D eigenvalue weighted by Gasteiger charge is 2.22. The van der Waals surface area contributed by atoms with Crippen molar-refractivity contribution in [2.45, 2.75) is 13.5 Å². The zero-order valence-corrected chi connectivity index (χ0v) is 16.7. The molecule has 2 N–H and O–H groups in total. The van der Waals surface area contributed by atoms with Crippen molar-refractivity contribution in [1.29, 1.82) is 0 Å². The Labute approximate surface area is 160 Å². The Morgan fingerprint density at radius 3 is 2.42 bits per heavy atom. The highest BCUT2D eigenvalue weighted by molar-refractivity contribution is 9.10. The first-order valence-corrected chi connectivity index (χ1v) is 8.48. The molecule has 0 fully saturated rings. The molecule has 140 valence electrons. The van der Waals surface area contributed by atoms with Gasteiger partial charge in [0.2, 0.25) is 11.7 Å². The van der Waals surface area contributed by atoms with Gasteiger partial charge < -0.3 is 24.8 Å². The fourth-order valence-electron chi connectivity index (χ4n) is 2.46. The molecule has 0 unspecified atom stereocenters. The number of aliphatic imine (C=N–C) groups is 1. The number of hydrogen-bond acceptors (Lipinski definition) is 9. The smallest absolute Gasteiger partial charge is 0.223 e. The third kappa shape index (κ3) is 3.79. The number of hydrogen-bond donors (Lipinski definition) is 1. The van der Waals surface area contributed by atoms with E-state index < -0.39 is 0 Å². The van der Waals surface area contributed by atoms with Crippen LogP contribution in [0.15, 0.2) is 15.8 Å². The maximum Gasteiger partial charge on any atom is 0.223 e. The van der Waals surface area contributed by atoms with Crippen LogP contribution in [0.25, 0.3) is 0 Å². The molecular formula is C16H21BrN6O3. The fourth-order valence-corrected chi connectivity index (χ4v) is 2.95. The molecule has 2 heterocycles. The summed E-state index contributed by atoms with van der Waals surface area (Å²) in [6, 6.07) is 0. The summed E-state index contributed by atoms with van der Waals surface area (Å²) in [5, 5.41) is 0. The number of ether oxygens (including phenoxy) is 3. The van der Waals surface area contributed by atoms with Crippen LogP contribution in [0.5, 0.6) is 17.2 Å². The zero-order valence-electron chi connectivity index (χ0n) is 15.1. The molecular weight excluding hydrogens is 404 g/mol. The van der Waals surface area contributed by atoms with Crippen LogP contribution >= 0.6 is 15.9 Å². The Kier molecular flexibility index (Phi) is 6.56. The molecule has 0 bridgehead atoms. The summed E-state index contributed by atoms with van der Waals surface area (Å²) >= 11 is 3.34. The molecule has 0 aliphatic rings. The normalized spacial score (nSPS) is 10.3. The number of nitrogens with zero attached hydrogens (tertiary/aromatic N) is 5. The van der Waals surface area contributed by atoms with Gasteiger partial charge in [0.1, 0.15) is 16.0 Å². The topological polar surface area (TPSA) is 108 Å². The van der Waals surface area contributed by atoms with Gasteiger partial charge in [0, 0.05) is 6.54 Å². The van der Waals surface area contributed by atoms with Crippen LogP contribution in [0.4, 0.5) is 17.5 Å². The van der Waals surface area contributed by atoms with E-state index in [1.165, 1.54) is 0 Å². The third-order valence-electron chi connectivity index (χ3n) is 3.68. The zero-order chi connectivity index (χ0) is 19.3. The van der Waals surface area contributed by atoms with E-state index in [9.17, 15) is 0 Å². The summed E-state index contributed by atoms with van der Waals surface area (Å²) < 4.78 is 16.7. The van der Waals surface area contributed by atoms with Gasteiger partial charge in [-0.15, -0.1) is 0 Å². The van der Waals surface area contributed by atoms with Gasteiger partial charge >= 0.3 is 0 Å². The first kappa shape index (κ1) is 19.7. The van der Waals surface area contributed by atoms with Crippen molar-refractivity contribution in [3.8, 4) is 17.2 Å². The van der Waals surface area contributed by atoms with Crippen molar-refractivity contribution in [1.82, 2.24) is 15.0 Å². The van der Waals surface area contributed by atoms with Gasteiger partial charge in [-0.05, 0) is 29.6 Å². The van der Waals surface area contributed by atoms with Crippen LogP contribution < -0.4 is 24.8 Å². The SMILES string of the molecule is C=Nc1c(Br)nc(N)nc1N(CC)Cc1ncc(OC)c(OC)c1OC. The maximum atomic E-state index is 5.79. The number of methoxy groups -OCH3 is 3. The van der Waals surface area contributed by atoms with Gasteiger partial charge in [-0.3, -0.25) is 9.98 Å². The highest BCUT2D eigenvalue weighted by atomic mass is 79.9. The second kappa shape index (κ2) is 8.65. The fraction of sp³-hybridized carbons (Fsp3) is 0.375. The van der Waals surface area contributed by atoms with Gasteiger partial charge in [-0.25, -0.2) is 4.98 Å². The quantitative estimate of drug-likeness (QED) is 0.508. The lowest BCUT2D eigenvalue weighted by atomic mass is 10.2. The number of nitrogen functional groups attached to an aromatic ring is 1. The minimum atomic E-state index is 0.130. The average Bonchev–Trinajstić information content (AvgIpc) is 2.64. The van der Waals surface area contributed by atoms with Crippen LogP contribution in [0, 0.1) is 0 Å². The number of pyridine rings is 1. The largest absolute Gasteiger partial charge is 0.491 e. The molecule has 26 heavy (non-hydrogen) atoms. The van der Waals surface area contributed by atoms with Crippen molar-refractivity contribution >= 4 is 40.1 Å². The summed E-state index contributed by atoms with van der Waals surface area (Å²) in [7, 11) is 4.64. The number of rotatable bonds is 8. The summed E-state index contributed by atoms with van der Waals surface area (Å²) in [5.74, 6) is 2.12. The first-order chi connectivity index (χ1) is 12.5. The molecule has 0 aromatic carbocycles. The van der Waals surface area contributed by atoms with Gasteiger partial charge in [0.25, 0.3) is 0 Å². The average molecular weight is 425 g/mol. The van der Waals surface area contributed by atoms with Crippen molar-refractivity contribution in [2.24, 2.45) is 4.99 Å². The van der Waals surface area contributed by atoms with Crippen molar-refractivity contribution in [3.05, 3.63) is 16.5 Å². The molecule has 0 saturated heterocycles. The Bertz CT molecular complexity index is 802. The first-order valence-electron chi connectivity index (χ1n) is 7.69. The molecule has 10 heteroatoms. The highest BCUT2D eigenvalue weighted by Crippen LogP contribution is 2.40. The summed E-state index contributed by atoms with van der Waals surface area (Å²) in [4.78, 5) is 18.7. The van der Waals surface area contributed by atoms with Crippen molar-refractivity contribution < 1.29 is 14.2 Å². The van der Waals surface area contributed by atoms with Crippen LogP contribution in [0.2, 0.25) is 0 Å². The van der Waals surface area contributed by atoms with Gasteiger partial charge in [0.15, 0.2) is 17.3 Å². The van der Waals surface area contributed by atoms with Crippen LogP contribution in [-0.2, 0) is 6.54 Å². The summed E-state index contributed by atoms with van der Waals surface area (Å²) in [5.41, 5.74) is 6.94. The number of anilines is 2. The van der Waals surface area contributed by atoms with E-state index in [1.807, 2.05) is 11.8 Å². The Morgan fingerprint density at radius 2 is 1.88 bits per heavy atom. The van der Waals surface area contributed by atoms with E-state index in [-0.39, 0.29) is 5.95 Å². The van der Waals surface area contributed by atoms with E-state index >= 15 is 0 Å². The minimum Gasteiger partial charge on any atom is -0.491 e. The number of nitrogens with two attached hydrogens (primary N) is 1. The molecule has 0 saturated carbocycles. The van der Waals surface area contributed by atoms with Gasteiger partial charge in [0.05, 0.1) is 34.1 Å². The number of halogens is 1. The summed E-state index contributed by atoms with van der Waals surface area (Å²) in [6.45, 7) is 6.56. The monoisotopic (exact) mass is 424 g/mol.